The Balaban J connectivity index is 1.94. The second kappa shape index (κ2) is 7.08. The molecule has 1 amide bonds. The molecule has 0 unspecified atom stereocenters. The van der Waals surface area contributed by atoms with Gasteiger partial charge in [0, 0.05) is 18.1 Å². The van der Waals surface area contributed by atoms with E-state index in [-0.39, 0.29) is 11.6 Å². The Morgan fingerprint density at radius 3 is 2.56 bits per heavy atom. The summed E-state index contributed by atoms with van der Waals surface area (Å²) in [5.41, 5.74) is 0.997. The summed E-state index contributed by atoms with van der Waals surface area (Å²) >= 11 is 7.02. The molecule has 0 spiro atoms. The molecule has 1 fully saturated rings. The smallest absolute Gasteiger partial charge is 0.276 e. The number of hydrogen-bond donors (Lipinski definition) is 0. The van der Waals surface area contributed by atoms with Crippen LogP contribution in [0, 0.1) is 10.1 Å². The summed E-state index contributed by atoms with van der Waals surface area (Å²) in [6.45, 7) is 0. The summed E-state index contributed by atoms with van der Waals surface area (Å²) in [5, 5.41) is 12.2. The van der Waals surface area contributed by atoms with E-state index in [9.17, 15) is 14.9 Å². The van der Waals surface area contributed by atoms with Crippen LogP contribution in [-0.2, 0) is 4.79 Å². The monoisotopic (exact) mass is 373 g/mol. The van der Waals surface area contributed by atoms with Crippen molar-refractivity contribution in [3.8, 4) is 0 Å². The predicted molar refractivity (Wildman–Crippen MR) is 100.0 cm³/mol. The quantitative estimate of drug-likeness (QED) is 0.451. The highest BCUT2D eigenvalue weighted by Crippen LogP contribution is 2.34. The van der Waals surface area contributed by atoms with Gasteiger partial charge in [-0.05, 0) is 48.2 Å². The molecule has 0 aromatic heterocycles. The minimum atomic E-state index is -0.469. The number of hydrogen-bond acceptors (Lipinski definition) is 5. The number of amidine groups is 1. The molecule has 0 saturated carbocycles. The van der Waals surface area contributed by atoms with Gasteiger partial charge in [-0.15, -0.1) is 0 Å². The van der Waals surface area contributed by atoms with E-state index < -0.39 is 4.92 Å². The third kappa shape index (κ3) is 3.72. The zero-order valence-electron chi connectivity index (χ0n) is 13.0. The van der Waals surface area contributed by atoms with E-state index in [1.165, 1.54) is 28.8 Å². The zero-order chi connectivity index (χ0) is 18.0. The molecule has 126 valence electrons. The lowest BCUT2D eigenvalue weighted by Gasteiger charge is -2.07. The van der Waals surface area contributed by atoms with Crippen LogP contribution in [0.4, 0.5) is 11.4 Å². The minimum absolute atomic E-state index is 0.0471. The van der Waals surface area contributed by atoms with Gasteiger partial charge in [0.2, 0.25) is 0 Å². The highest BCUT2D eigenvalue weighted by molar-refractivity contribution is 8.18. The molecular formula is C17H12ClN3O3S. The van der Waals surface area contributed by atoms with E-state index in [4.69, 9.17) is 11.6 Å². The van der Waals surface area contributed by atoms with E-state index in [0.717, 1.165) is 0 Å². The van der Waals surface area contributed by atoms with Crippen LogP contribution < -0.4 is 0 Å². The molecule has 0 N–H and O–H groups in total. The van der Waals surface area contributed by atoms with Crippen LogP contribution in [0.2, 0.25) is 5.02 Å². The fraction of sp³-hybridized carbons (Fsp3) is 0.0588. The highest BCUT2D eigenvalue weighted by atomic mass is 35.5. The number of aliphatic imine (C=N–C) groups is 1. The fourth-order valence-electron chi connectivity index (χ4n) is 2.19. The number of carbonyl (C=O) groups is 1. The Morgan fingerprint density at radius 2 is 1.88 bits per heavy atom. The zero-order valence-corrected chi connectivity index (χ0v) is 14.6. The average molecular weight is 374 g/mol. The first-order chi connectivity index (χ1) is 12.0. The first kappa shape index (κ1) is 17.2. The van der Waals surface area contributed by atoms with E-state index in [0.29, 0.717) is 26.3 Å². The lowest BCUT2D eigenvalue weighted by molar-refractivity contribution is -0.385. The van der Waals surface area contributed by atoms with Gasteiger partial charge >= 0.3 is 0 Å². The number of nitro benzene ring substituents is 1. The summed E-state index contributed by atoms with van der Waals surface area (Å²) in [7, 11) is 1.62. The molecule has 0 bridgehead atoms. The Hall–Kier alpha value is -2.64. The lowest BCUT2D eigenvalue weighted by atomic mass is 10.1. The molecular weight excluding hydrogens is 362 g/mol. The van der Waals surface area contributed by atoms with Gasteiger partial charge in [-0.2, -0.15) is 0 Å². The molecule has 2 aromatic rings. The molecule has 0 radical (unpaired) electrons. The van der Waals surface area contributed by atoms with Crippen LogP contribution >= 0.6 is 23.4 Å². The van der Waals surface area contributed by atoms with Gasteiger partial charge in [-0.25, -0.2) is 4.99 Å². The first-order valence-electron chi connectivity index (χ1n) is 7.21. The minimum Gasteiger partial charge on any atom is -0.290 e. The third-order valence-electron chi connectivity index (χ3n) is 3.48. The number of nitro groups is 1. The summed E-state index contributed by atoms with van der Waals surface area (Å²) in [4.78, 5) is 29.3. The van der Waals surface area contributed by atoms with Crippen LogP contribution in [0.5, 0.6) is 0 Å². The van der Waals surface area contributed by atoms with Crippen molar-refractivity contribution in [2.45, 2.75) is 0 Å². The molecule has 8 heteroatoms. The van der Waals surface area contributed by atoms with Gasteiger partial charge < -0.3 is 0 Å². The van der Waals surface area contributed by atoms with E-state index in [1.807, 2.05) is 0 Å². The Morgan fingerprint density at radius 1 is 1.20 bits per heavy atom. The van der Waals surface area contributed by atoms with Crippen molar-refractivity contribution in [3.63, 3.8) is 0 Å². The molecule has 3 rings (SSSR count). The highest BCUT2D eigenvalue weighted by Gasteiger charge is 2.31. The number of halogens is 1. The SMILES string of the molecule is CN1C(=O)/C(=C/c2ccccc2[N+](=O)[O-])SC1=Nc1ccc(Cl)cc1. The topological polar surface area (TPSA) is 75.8 Å². The van der Waals surface area contributed by atoms with E-state index in [1.54, 1.807) is 49.5 Å². The number of para-hydroxylation sites is 1. The maximum atomic E-state index is 12.4. The second-order valence-electron chi connectivity index (χ2n) is 5.16. The van der Waals surface area contributed by atoms with Crippen molar-refractivity contribution >= 4 is 51.9 Å². The molecule has 1 saturated heterocycles. The fourth-order valence-corrected chi connectivity index (χ4v) is 3.30. The Kier molecular flexibility index (Phi) is 4.87. The van der Waals surface area contributed by atoms with E-state index in [2.05, 4.69) is 4.99 Å². The van der Waals surface area contributed by atoms with Crippen LogP contribution in [0.15, 0.2) is 58.4 Å². The summed E-state index contributed by atoms with van der Waals surface area (Å²) in [6, 6.07) is 13.2. The summed E-state index contributed by atoms with van der Waals surface area (Å²) in [6.07, 6.45) is 1.52. The first-order valence-corrected chi connectivity index (χ1v) is 8.40. The maximum absolute atomic E-state index is 12.4. The van der Waals surface area contributed by atoms with Crippen LogP contribution in [0.1, 0.15) is 5.56 Å². The number of amides is 1. The number of likely N-dealkylation sites (N-methyl/N-ethyl adjacent to an activating group) is 1. The Bertz CT molecular complexity index is 910. The van der Waals surface area contributed by atoms with Crippen LogP contribution in [0.3, 0.4) is 0 Å². The second-order valence-corrected chi connectivity index (χ2v) is 6.61. The molecule has 6 nitrogen and oxygen atoms in total. The van der Waals surface area contributed by atoms with Crippen LogP contribution in [-0.4, -0.2) is 27.9 Å². The van der Waals surface area contributed by atoms with Crippen molar-refractivity contribution in [1.82, 2.24) is 4.90 Å². The number of benzene rings is 2. The van der Waals surface area contributed by atoms with E-state index >= 15 is 0 Å². The molecule has 25 heavy (non-hydrogen) atoms. The predicted octanol–water partition coefficient (Wildman–Crippen LogP) is 4.48. The number of carbonyl (C=O) groups excluding carboxylic acids is 1. The van der Waals surface area contributed by atoms with Crippen LogP contribution in [0.25, 0.3) is 6.08 Å². The van der Waals surface area contributed by atoms with Gasteiger partial charge in [-0.1, -0.05) is 23.7 Å². The third-order valence-corrected chi connectivity index (χ3v) is 4.79. The number of thioether (sulfide) groups is 1. The molecule has 0 atom stereocenters. The molecule has 1 heterocycles. The van der Waals surface area contributed by atoms with Crippen molar-refractivity contribution in [3.05, 3.63) is 74.1 Å². The largest absolute Gasteiger partial charge is 0.290 e. The number of nitrogens with zero attached hydrogens (tertiary/aromatic N) is 3. The maximum Gasteiger partial charge on any atom is 0.276 e. The summed E-state index contributed by atoms with van der Waals surface area (Å²) in [5.74, 6) is -0.254. The molecule has 2 aromatic carbocycles. The molecule has 1 aliphatic heterocycles. The molecule has 1 aliphatic rings. The number of rotatable bonds is 3. The summed E-state index contributed by atoms with van der Waals surface area (Å²) < 4.78 is 0. The van der Waals surface area contributed by atoms with Crippen molar-refractivity contribution in [2.75, 3.05) is 7.05 Å². The van der Waals surface area contributed by atoms with Gasteiger partial charge in [0.15, 0.2) is 5.17 Å². The van der Waals surface area contributed by atoms with Crippen molar-refractivity contribution in [1.29, 1.82) is 0 Å². The standard InChI is InChI=1S/C17H12ClN3O3S/c1-20-16(22)15(10-11-4-2-3-5-14(11)21(23)24)25-17(20)19-13-8-6-12(18)7-9-13/h2-10H,1H3/b15-10-,19-17?. The van der Waals surface area contributed by atoms with Gasteiger partial charge in [0.05, 0.1) is 21.1 Å². The lowest BCUT2D eigenvalue weighted by Crippen LogP contribution is -2.23. The van der Waals surface area contributed by atoms with Gasteiger partial charge in [-0.3, -0.25) is 19.8 Å². The average Bonchev–Trinajstić information content (AvgIpc) is 2.85. The Labute approximate surface area is 153 Å². The van der Waals surface area contributed by atoms with Crippen molar-refractivity contribution < 1.29 is 9.72 Å². The normalized spacial score (nSPS) is 17.5. The van der Waals surface area contributed by atoms with Gasteiger partial charge in [0.1, 0.15) is 0 Å². The van der Waals surface area contributed by atoms with Gasteiger partial charge in [0.25, 0.3) is 11.6 Å². The van der Waals surface area contributed by atoms with Crippen molar-refractivity contribution in [2.24, 2.45) is 4.99 Å². The molecule has 0 aliphatic carbocycles.